The summed E-state index contributed by atoms with van der Waals surface area (Å²) in [7, 11) is 4.53. The summed E-state index contributed by atoms with van der Waals surface area (Å²) in [5.74, 6) is 2.69. The third-order valence-corrected chi connectivity index (χ3v) is 11.4. The fourth-order valence-corrected chi connectivity index (χ4v) is 8.15. The minimum absolute atomic E-state index is 0.0572. The molecule has 7 rings (SSSR count). The molecule has 3 atom stereocenters. The lowest BCUT2D eigenvalue weighted by molar-refractivity contribution is -0.135. The van der Waals surface area contributed by atoms with Crippen LogP contribution in [0, 0.1) is 5.92 Å². The van der Waals surface area contributed by atoms with E-state index in [2.05, 4.69) is 15.3 Å². The fourth-order valence-electron chi connectivity index (χ4n) is 8.15. The Labute approximate surface area is 367 Å². The van der Waals surface area contributed by atoms with Crippen LogP contribution in [-0.4, -0.2) is 121 Å². The Balaban J connectivity index is 1.13. The van der Waals surface area contributed by atoms with Crippen LogP contribution in [0.4, 0.5) is 4.79 Å². The van der Waals surface area contributed by atoms with E-state index in [1.54, 1.807) is 31.5 Å². The summed E-state index contributed by atoms with van der Waals surface area (Å²) < 4.78 is 34.2. The minimum Gasteiger partial charge on any atom is -0.487 e. The molecular weight excluding hydrogens is 807 g/mol. The Morgan fingerprint density at radius 2 is 1.27 bits per heavy atom. The lowest BCUT2D eigenvalue weighted by Gasteiger charge is -2.30. The molecule has 0 radical (unpaired) electrons. The van der Waals surface area contributed by atoms with Crippen molar-refractivity contribution in [2.75, 3.05) is 67.5 Å². The van der Waals surface area contributed by atoms with Crippen molar-refractivity contribution in [2.24, 2.45) is 5.92 Å². The van der Waals surface area contributed by atoms with E-state index in [0.29, 0.717) is 60.9 Å². The lowest BCUT2D eigenvalue weighted by atomic mass is 9.98. The summed E-state index contributed by atoms with van der Waals surface area (Å²) in [6.07, 6.45) is 6.11. The second-order valence-electron chi connectivity index (χ2n) is 15.8. The Hall–Kier alpha value is -6.39. The molecule has 2 aromatic heterocycles. The summed E-state index contributed by atoms with van der Waals surface area (Å²) in [5, 5.41) is 2.70. The molecule has 63 heavy (non-hydrogen) atoms. The van der Waals surface area contributed by atoms with Crippen molar-refractivity contribution < 1.29 is 42.8 Å². The minimum atomic E-state index is -0.716. The number of methoxy groups -OCH3 is 3. The van der Waals surface area contributed by atoms with Gasteiger partial charge in [0.25, 0.3) is 5.91 Å². The number of nitrogens with one attached hydrogen (secondary N) is 3. The third kappa shape index (κ3) is 10.5. The molecule has 4 heterocycles. The normalized spacial score (nSPS) is 16.6. The van der Waals surface area contributed by atoms with Gasteiger partial charge in [-0.25, -0.2) is 14.8 Å². The van der Waals surface area contributed by atoms with Crippen LogP contribution in [-0.2, 0) is 23.8 Å². The molecule has 0 bridgehead atoms. The van der Waals surface area contributed by atoms with Gasteiger partial charge in [0.15, 0.2) is 18.1 Å². The molecule has 2 aliphatic heterocycles. The topological polar surface area (TPSA) is 182 Å². The molecule has 2 aliphatic rings. The number of H-pyrrole nitrogens is 2. The van der Waals surface area contributed by atoms with Gasteiger partial charge in [0.05, 0.1) is 56.2 Å². The fraction of sp³-hybridized carbons (Fsp3) is 0.426. The van der Waals surface area contributed by atoms with Crippen LogP contribution in [0.5, 0.6) is 17.2 Å². The van der Waals surface area contributed by atoms with Gasteiger partial charge < -0.3 is 53.5 Å². The van der Waals surface area contributed by atoms with Crippen LogP contribution in [0.15, 0.2) is 79.1 Å². The van der Waals surface area contributed by atoms with Crippen molar-refractivity contribution in [2.45, 2.75) is 57.7 Å². The maximum absolute atomic E-state index is 13.7. The van der Waals surface area contributed by atoms with Gasteiger partial charge >= 0.3 is 6.09 Å². The average Bonchev–Trinajstić information content (AvgIpc) is 4.15. The number of carbonyl (C=O) groups excluding carboxylic acids is 3. The zero-order chi connectivity index (χ0) is 44.3. The van der Waals surface area contributed by atoms with E-state index in [9.17, 15) is 14.4 Å². The molecule has 16 heteroatoms. The first-order valence-electron chi connectivity index (χ1n) is 21.4. The smallest absolute Gasteiger partial charge is 0.407 e. The number of para-hydroxylation sites is 1. The summed E-state index contributed by atoms with van der Waals surface area (Å²) in [4.78, 5) is 59.2. The average molecular weight is 864 g/mol. The second-order valence-corrected chi connectivity index (χ2v) is 15.8. The quantitative estimate of drug-likeness (QED) is 0.0730. The Bertz CT molecular complexity index is 2300. The SMILES string of the molecule is COCCOc1c(-c2ccc(-c3cnc([C@@H]4CCCN4C(=O)[C@@H](NC(=O)OC)C(C)C)[nH]3)cc2)ccc(-c2cnc([C@@H]3CCCN3C(=O)COc3ccccc3)[nH]2)c1OCCOC. The first-order valence-corrected chi connectivity index (χ1v) is 21.4. The maximum atomic E-state index is 13.7. The van der Waals surface area contributed by atoms with Crippen molar-refractivity contribution >= 4 is 17.9 Å². The highest BCUT2D eigenvalue weighted by Gasteiger charge is 2.38. The van der Waals surface area contributed by atoms with Gasteiger partial charge in [-0.15, -0.1) is 0 Å². The van der Waals surface area contributed by atoms with Gasteiger partial charge in [-0.1, -0.05) is 56.3 Å². The molecule has 0 aliphatic carbocycles. The molecule has 334 valence electrons. The van der Waals surface area contributed by atoms with E-state index in [-0.39, 0.29) is 49.6 Å². The van der Waals surface area contributed by atoms with Crippen molar-refractivity contribution in [3.05, 3.63) is 90.8 Å². The molecule has 3 N–H and O–H groups in total. The van der Waals surface area contributed by atoms with E-state index in [1.807, 2.05) is 85.5 Å². The lowest BCUT2D eigenvalue weighted by Crippen LogP contribution is -2.51. The van der Waals surface area contributed by atoms with Crippen LogP contribution in [0.2, 0.25) is 0 Å². The summed E-state index contributed by atoms with van der Waals surface area (Å²) in [6, 6.07) is 20.2. The van der Waals surface area contributed by atoms with Crippen molar-refractivity contribution in [1.29, 1.82) is 0 Å². The molecule has 3 amide bonds. The van der Waals surface area contributed by atoms with Crippen molar-refractivity contribution in [1.82, 2.24) is 35.1 Å². The predicted molar refractivity (Wildman–Crippen MR) is 235 cm³/mol. The van der Waals surface area contributed by atoms with E-state index < -0.39 is 12.1 Å². The van der Waals surface area contributed by atoms with Gasteiger partial charge in [0, 0.05) is 38.4 Å². The van der Waals surface area contributed by atoms with E-state index in [0.717, 1.165) is 53.6 Å². The van der Waals surface area contributed by atoms with Gasteiger partial charge in [-0.2, -0.15) is 0 Å². The number of alkyl carbamates (subject to hydrolysis) is 1. The van der Waals surface area contributed by atoms with Crippen molar-refractivity contribution in [3.63, 3.8) is 0 Å². The van der Waals surface area contributed by atoms with E-state index in [1.165, 1.54) is 7.11 Å². The predicted octanol–water partition coefficient (Wildman–Crippen LogP) is 6.97. The zero-order valence-corrected chi connectivity index (χ0v) is 36.6. The molecule has 0 saturated carbocycles. The first-order chi connectivity index (χ1) is 30.7. The van der Waals surface area contributed by atoms with Crippen LogP contribution in [0.3, 0.4) is 0 Å². The standard InChI is InChI=1S/C47H57N7O9/c1-30(2)41(52-47(57)60-5)46(56)54-22-10-14-39(54)45-48-27-36(50-45)32-17-15-31(16-18-32)34-19-20-35(43(62-26-24-59-4)42(34)61-25-23-58-3)37-28-49-44(51-37)38-13-9-21-53(38)40(55)29-63-33-11-7-6-8-12-33/h6-8,11-12,15-20,27-28,30,38-39,41H,9-10,13-14,21-26,29H2,1-5H3,(H,48,50)(H,49,51)(H,52,57)/t38-,39-,41-/m0/s1. The highest BCUT2D eigenvalue weighted by Crippen LogP contribution is 2.46. The number of aromatic nitrogens is 4. The summed E-state index contributed by atoms with van der Waals surface area (Å²) in [5.41, 5.74) is 4.87. The Kier molecular flexibility index (Phi) is 15.0. The highest BCUT2D eigenvalue weighted by atomic mass is 16.6. The summed E-state index contributed by atoms with van der Waals surface area (Å²) >= 11 is 0. The molecule has 5 aromatic rings. The number of ether oxygens (including phenoxy) is 6. The van der Waals surface area contributed by atoms with Gasteiger partial charge in [-0.3, -0.25) is 9.59 Å². The largest absolute Gasteiger partial charge is 0.487 e. The number of amides is 3. The van der Waals surface area contributed by atoms with Crippen LogP contribution in [0.1, 0.15) is 63.3 Å². The number of hydrogen-bond acceptors (Lipinski definition) is 11. The van der Waals surface area contributed by atoms with Crippen LogP contribution in [0.25, 0.3) is 33.6 Å². The first kappa shape index (κ1) is 44.7. The number of hydrogen-bond donors (Lipinski definition) is 3. The molecule has 2 saturated heterocycles. The molecule has 3 aromatic carbocycles. The number of imidazole rings is 2. The molecule has 0 spiro atoms. The van der Waals surface area contributed by atoms with E-state index in [4.69, 9.17) is 38.4 Å². The molecule has 2 fully saturated rings. The number of aromatic amines is 2. The monoisotopic (exact) mass is 863 g/mol. The van der Waals surface area contributed by atoms with E-state index >= 15 is 0 Å². The number of nitrogens with zero attached hydrogens (tertiary/aromatic N) is 4. The number of benzene rings is 3. The third-order valence-electron chi connectivity index (χ3n) is 11.4. The van der Waals surface area contributed by atoms with Gasteiger partial charge in [0.1, 0.15) is 36.7 Å². The Morgan fingerprint density at radius 1 is 0.698 bits per heavy atom. The number of likely N-dealkylation sites (tertiary alicyclic amines) is 2. The number of rotatable bonds is 19. The summed E-state index contributed by atoms with van der Waals surface area (Å²) in [6.45, 7) is 6.18. The van der Waals surface area contributed by atoms with Crippen molar-refractivity contribution in [3.8, 4) is 50.9 Å². The van der Waals surface area contributed by atoms with Crippen LogP contribution < -0.4 is 19.5 Å². The number of carbonyl (C=O) groups is 3. The maximum Gasteiger partial charge on any atom is 0.407 e. The second kappa shape index (κ2) is 21.1. The zero-order valence-electron chi connectivity index (χ0n) is 36.6. The highest BCUT2D eigenvalue weighted by molar-refractivity contribution is 5.87. The van der Waals surface area contributed by atoms with Gasteiger partial charge in [0.2, 0.25) is 5.91 Å². The molecule has 16 nitrogen and oxygen atoms in total. The van der Waals surface area contributed by atoms with Gasteiger partial charge in [-0.05, 0) is 67.0 Å². The molecular formula is C47H57N7O9. The Morgan fingerprint density at radius 3 is 1.90 bits per heavy atom. The van der Waals surface area contributed by atoms with Crippen LogP contribution >= 0.6 is 0 Å². The molecule has 0 unspecified atom stereocenters.